The minimum absolute atomic E-state index is 0.0845. The second-order valence-electron chi connectivity index (χ2n) is 5.26. The molecule has 1 aliphatic rings. The molecule has 4 nitrogen and oxygen atoms in total. The number of rotatable bonds is 3. The number of hydrogen-bond donors (Lipinski definition) is 2. The minimum atomic E-state index is -0.0902. The molecule has 4 heteroatoms. The van der Waals surface area contributed by atoms with Crippen molar-refractivity contribution in [3.05, 3.63) is 53.3 Å². The lowest BCUT2D eigenvalue weighted by Gasteiger charge is -2.12. The molecule has 2 aromatic rings. The maximum Gasteiger partial charge on any atom is 0.229 e. The van der Waals surface area contributed by atoms with E-state index in [0.717, 1.165) is 16.9 Å². The molecule has 1 aromatic heterocycles. The van der Waals surface area contributed by atoms with Gasteiger partial charge < -0.3 is 15.2 Å². The molecule has 2 heterocycles. The van der Waals surface area contributed by atoms with Gasteiger partial charge in [0, 0.05) is 30.7 Å². The van der Waals surface area contributed by atoms with Gasteiger partial charge in [0.25, 0.3) is 0 Å². The lowest BCUT2D eigenvalue weighted by atomic mass is 10.0. The van der Waals surface area contributed by atoms with Crippen LogP contribution in [0, 0.1) is 6.92 Å². The van der Waals surface area contributed by atoms with E-state index >= 15 is 0 Å². The summed E-state index contributed by atoms with van der Waals surface area (Å²) >= 11 is 0. The molecule has 0 spiro atoms. The van der Waals surface area contributed by atoms with Gasteiger partial charge in [-0.2, -0.15) is 0 Å². The fraction of sp³-hybridized carbons (Fsp3) is 0.312. The van der Waals surface area contributed by atoms with Crippen LogP contribution in [0.4, 0.5) is 5.69 Å². The van der Waals surface area contributed by atoms with Crippen molar-refractivity contribution in [2.45, 2.75) is 19.4 Å². The summed E-state index contributed by atoms with van der Waals surface area (Å²) < 4.78 is 2.10. The highest BCUT2D eigenvalue weighted by molar-refractivity contribution is 5.88. The summed E-state index contributed by atoms with van der Waals surface area (Å²) in [6.45, 7) is 3.31. The van der Waals surface area contributed by atoms with E-state index < -0.39 is 0 Å². The Labute approximate surface area is 118 Å². The van der Waals surface area contributed by atoms with E-state index in [2.05, 4.69) is 34.3 Å². The zero-order chi connectivity index (χ0) is 14.1. The summed E-state index contributed by atoms with van der Waals surface area (Å²) in [5.41, 5.74) is 4.48. The number of carbonyl (C=O) groups excluding carboxylic acids is 1. The van der Waals surface area contributed by atoms with E-state index in [9.17, 15) is 4.79 Å². The van der Waals surface area contributed by atoms with Gasteiger partial charge in [-0.3, -0.25) is 4.79 Å². The highest BCUT2D eigenvalue weighted by atomic mass is 16.1. The minimum Gasteiger partial charge on any atom is -0.384 e. The maximum atomic E-state index is 12.3. The summed E-state index contributed by atoms with van der Waals surface area (Å²) in [5, 5.41) is 6.31. The first kappa shape index (κ1) is 12.8. The van der Waals surface area contributed by atoms with Gasteiger partial charge in [-0.1, -0.05) is 18.2 Å². The Morgan fingerprint density at radius 1 is 1.35 bits per heavy atom. The Bertz CT molecular complexity index is 645. The zero-order valence-electron chi connectivity index (χ0n) is 11.8. The van der Waals surface area contributed by atoms with Crippen molar-refractivity contribution in [3.63, 3.8) is 0 Å². The van der Waals surface area contributed by atoms with Crippen LogP contribution in [0.2, 0.25) is 0 Å². The van der Waals surface area contributed by atoms with Crippen LogP contribution in [0.15, 0.2) is 36.4 Å². The first-order valence-corrected chi connectivity index (χ1v) is 6.88. The van der Waals surface area contributed by atoms with Crippen LogP contribution in [-0.2, 0) is 18.4 Å². The third kappa shape index (κ3) is 2.18. The number of nitrogens with zero attached hydrogens (tertiary/aromatic N) is 1. The van der Waals surface area contributed by atoms with Crippen LogP contribution < -0.4 is 10.6 Å². The first-order chi connectivity index (χ1) is 9.66. The first-order valence-electron chi connectivity index (χ1n) is 6.88. The summed E-state index contributed by atoms with van der Waals surface area (Å²) in [4.78, 5) is 12.3. The average molecular weight is 269 g/mol. The van der Waals surface area contributed by atoms with E-state index in [4.69, 9.17) is 0 Å². The summed E-state index contributed by atoms with van der Waals surface area (Å²) in [5.74, 6) is -0.00568. The van der Waals surface area contributed by atoms with E-state index in [0.29, 0.717) is 13.1 Å². The number of nitrogens with one attached hydrogen (secondary N) is 2. The zero-order valence-corrected chi connectivity index (χ0v) is 11.8. The van der Waals surface area contributed by atoms with Crippen molar-refractivity contribution in [1.82, 2.24) is 9.88 Å². The molecule has 1 aliphatic heterocycles. The Kier molecular flexibility index (Phi) is 3.22. The molecule has 0 saturated heterocycles. The average Bonchev–Trinajstić information content (AvgIpc) is 3.02. The number of aryl methyl sites for hydroxylation is 1. The molecule has 1 aromatic carbocycles. The molecule has 1 atom stereocenters. The van der Waals surface area contributed by atoms with Crippen molar-refractivity contribution in [2.24, 2.45) is 7.05 Å². The third-order valence-electron chi connectivity index (χ3n) is 4.07. The van der Waals surface area contributed by atoms with Gasteiger partial charge in [-0.25, -0.2) is 0 Å². The Morgan fingerprint density at radius 3 is 2.90 bits per heavy atom. The van der Waals surface area contributed by atoms with Crippen LogP contribution in [-0.4, -0.2) is 17.0 Å². The molecule has 3 rings (SSSR count). The quantitative estimate of drug-likeness (QED) is 0.897. The van der Waals surface area contributed by atoms with Gasteiger partial charge in [0.15, 0.2) is 0 Å². The van der Waals surface area contributed by atoms with Gasteiger partial charge in [-0.05, 0) is 30.7 Å². The number of amides is 1. The van der Waals surface area contributed by atoms with Gasteiger partial charge in [0.05, 0.1) is 12.5 Å². The van der Waals surface area contributed by atoms with Crippen LogP contribution in [0.5, 0.6) is 0 Å². The molecule has 1 unspecified atom stereocenters. The summed E-state index contributed by atoms with van der Waals surface area (Å²) in [6.07, 6.45) is 0. The monoisotopic (exact) mass is 269 g/mol. The van der Waals surface area contributed by atoms with E-state index in [1.165, 1.54) is 5.69 Å². The van der Waals surface area contributed by atoms with Gasteiger partial charge in [-0.15, -0.1) is 0 Å². The number of benzene rings is 1. The Hall–Kier alpha value is -2.23. The molecule has 0 bridgehead atoms. The number of aromatic nitrogens is 1. The molecule has 2 N–H and O–H groups in total. The molecule has 104 valence electrons. The normalized spacial score (nSPS) is 16.6. The predicted octanol–water partition coefficient (Wildman–Crippen LogP) is 2.16. The number of hydrogen-bond acceptors (Lipinski definition) is 2. The van der Waals surface area contributed by atoms with Crippen molar-refractivity contribution >= 4 is 11.6 Å². The van der Waals surface area contributed by atoms with Gasteiger partial charge >= 0.3 is 0 Å². The number of fused-ring (bicyclic) bond motifs is 1. The van der Waals surface area contributed by atoms with Crippen molar-refractivity contribution in [1.29, 1.82) is 0 Å². The number of para-hydroxylation sites is 1. The van der Waals surface area contributed by atoms with E-state index in [-0.39, 0.29) is 11.8 Å². The lowest BCUT2D eigenvalue weighted by Crippen LogP contribution is -2.30. The van der Waals surface area contributed by atoms with Crippen molar-refractivity contribution in [3.8, 4) is 0 Å². The Balaban J connectivity index is 1.68. The summed E-state index contributed by atoms with van der Waals surface area (Å²) in [7, 11) is 2.02. The molecule has 0 saturated carbocycles. The van der Waals surface area contributed by atoms with Crippen LogP contribution >= 0.6 is 0 Å². The molecule has 20 heavy (non-hydrogen) atoms. The number of anilines is 1. The highest BCUT2D eigenvalue weighted by Gasteiger charge is 2.27. The molecule has 0 aliphatic carbocycles. The Morgan fingerprint density at radius 2 is 2.15 bits per heavy atom. The third-order valence-corrected chi connectivity index (χ3v) is 4.07. The number of carbonyl (C=O) groups is 1. The van der Waals surface area contributed by atoms with Crippen molar-refractivity contribution < 1.29 is 4.79 Å². The molecular formula is C16H19N3O. The maximum absolute atomic E-state index is 12.3. The fourth-order valence-corrected chi connectivity index (χ4v) is 2.66. The lowest BCUT2D eigenvalue weighted by molar-refractivity contribution is -0.122. The fourth-order valence-electron chi connectivity index (χ4n) is 2.66. The van der Waals surface area contributed by atoms with Crippen LogP contribution in [0.1, 0.15) is 22.9 Å². The largest absolute Gasteiger partial charge is 0.384 e. The predicted molar refractivity (Wildman–Crippen MR) is 79.7 cm³/mol. The second-order valence-corrected chi connectivity index (χ2v) is 5.26. The smallest absolute Gasteiger partial charge is 0.229 e. The molecular weight excluding hydrogens is 250 g/mol. The SMILES string of the molecule is Cc1ccc(CNC(=O)C2CNc3ccccc32)n1C. The van der Waals surface area contributed by atoms with Crippen molar-refractivity contribution in [2.75, 3.05) is 11.9 Å². The molecule has 0 radical (unpaired) electrons. The van der Waals surface area contributed by atoms with Gasteiger partial charge in [0.1, 0.15) is 0 Å². The van der Waals surface area contributed by atoms with E-state index in [1.54, 1.807) is 0 Å². The highest BCUT2D eigenvalue weighted by Crippen LogP contribution is 2.30. The summed E-state index contributed by atoms with van der Waals surface area (Å²) in [6, 6.07) is 12.1. The van der Waals surface area contributed by atoms with Crippen LogP contribution in [0.25, 0.3) is 0 Å². The van der Waals surface area contributed by atoms with Crippen LogP contribution in [0.3, 0.4) is 0 Å². The van der Waals surface area contributed by atoms with E-state index in [1.807, 2.05) is 31.3 Å². The topological polar surface area (TPSA) is 46.1 Å². The molecule has 1 amide bonds. The molecule has 0 fully saturated rings. The van der Waals surface area contributed by atoms with Gasteiger partial charge in [0.2, 0.25) is 5.91 Å². The second kappa shape index (κ2) is 5.04. The standard InChI is InChI=1S/C16H19N3O/c1-11-7-8-12(19(11)2)9-18-16(20)14-10-17-15-6-4-3-5-13(14)15/h3-8,14,17H,9-10H2,1-2H3,(H,18,20).